The van der Waals surface area contributed by atoms with Gasteiger partial charge in [0.05, 0.1) is 6.04 Å². The van der Waals surface area contributed by atoms with Crippen molar-refractivity contribution < 1.29 is 9.90 Å². The van der Waals surface area contributed by atoms with Crippen LogP contribution in [0.15, 0.2) is 0 Å². The second-order valence-corrected chi connectivity index (χ2v) is 4.96. The van der Waals surface area contributed by atoms with Crippen molar-refractivity contribution in [2.24, 2.45) is 11.7 Å². The second kappa shape index (κ2) is 6.21. The minimum Gasteiger partial charge on any atom is -0.396 e. The Hall–Kier alpha value is -0.610. The van der Waals surface area contributed by atoms with Gasteiger partial charge in [-0.25, -0.2) is 0 Å². The lowest BCUT2D eigenvalue weighted by Gasteiger charge is -2.39. The highest BCUT2D eigenvalue weighted by atomic mass is 16.3. The predicted molar refractivity (Wildman–Crippen MR) is 63.9 cm³/mol. The molecule has 94 valence electrons. The topological polar surface area (TPSA) is 66.6 Å². The van der Waals surface area contributed by atoms with E-state index in [2.05, 4.69) is 0 Å². The third-order valence-corrected chi connectivity index (χ3v) is 3.36. The van der Waals surface area contributed by atoms with Crippen molar-refractivity contribution in [3.63, 3.8) is 0 Å². The fourth-order valence-corrected chi connectivity index (χ4v) is 1.89. The number of carbonyl (C=O) groups excluding carboxylic acids is 1. The number of amides is 1. The molecule has 1 fully saturated rings. The molecule has 1 aliphatic rings. The molecule has 0 bridgehead atoms. The van der Waals surface area contributed by atoms with E-state index < -0.39 is 6.04 Å². The highest BCUT2D eigenvalue weighted by molar-refractivity contribution is 5.82. The van der Waals surface area contributed by atoms with Crippen LogP contribution in [0.25, 0.3) is 0 Å². The van der Waals surface area contributed by atoms with Gasteiger partial charge in [-0.2, -0.15) is 0 Å². The van der Waals surface area contributed by atoms with Gasteiger partial charge in [-0.1, -0.05) is 13.8 Å². The summed E-state index contributed by atoms with van der Waals surface area (Å²) in [5.74, 6) is 0.220. The molecule has 16 heavy (non-hydrogen) atoms. The number of hydrogen-bond donors (Lipinski definition) is 2. The molecular weight excluding hydrogens is 204 g/mol. The zero-order valence-electron chi connectivity index (χ0n) is 10.4. The van der Waals surface area contributed by atoms with E-state index in [1.54, 1.807) is 0 Å². The summed E-state index contributed by atoms with van der Waals surface area (Å²) in [4.78, 5) is 14.0. The number of aliphatic hydroxyl groups is 1. The van der Waals surface area contributed by atoms with Gasteiger partial charge < -0.3 is 15.7 Å². The van der Waals surface area contributed by atoms with Gasteiger partial charge in [0.1, 0.15) is 0 Å². The molecule has 0 aliphatic heterocycles. The molecule has 1 atom stereocenters. The monoisotopic (exact) mass is 228 g/mol. The minimum atomic E-state index is -0.403. The highest BCUT2D eigenvalue weighted by Crippen LogP contribution is 2.25. The smallest absolute Gasteiger partial charge is 0.239 e. The van der Waals surface area contributed by atoms with E-state index in [-0.39, 0.29) is 18.4 Å². The van der Waals surface area contributed by atoms with E-state index in [0.717, 1.165) is 12.8 Å². The summed E-state index contributed by atoms with van der Waals surface area (Å²) in [6.07, 6.45) is 4.02. The maximum atomic E-state index is 12.1. The van der Waals surface area contributed by atoms with Crippen LogP contribution in [-0.2, 0) is 4.79 Å². The van der Waals surface area contributed by atoms with Crippen molar-refractivity contribution in [2.75, 3.05) is 13.2 Å². The molecule has 4 nitrogen and oxygen atoms in total. The molecule has 0 spiro atoms. The van der Waals surface area contributed by atoms with Gasteiger partial charge in [-0.05, 0) is 31.6 Å². The van der Waals surface area contributed by atoms with Gasteiger partial charge in [0.25, 0.3) is 0 Å². The van der Waals surface area contributed by atoms with Gasteiger partial charge in [0.2, 0.25) is 5.91 Å². The number of hydrogen-bond acceptors (Lipinski definition) is 3. The molecule has 0 aromatic heterocycles. The molecule has 0 heterocycles. The van der Waals surface area contributed by atoms with Crippen LogP contribution in [0.1, 0.15) is 39.5 Å². The third kappa shape index (κ3) is 3.19. The summed E-state index contributed by atoms with van der Waals surface area (Å²) in [6.45, 7) is 4.70. The van der Waals surface area contributed by atoms with Crippen LogP contribution in [0.4, 0.5) is 0 Å². The van der Waals surface area contributed by atoms with Crippen LogP contribution in [0.2, 0.25) is 0 Å². The Kier molecular flexibility index (Phi) is 5.22. The fraction of sp³-hybridized carbons (Fsp3) is 0.917. The van der Waals surface area contributed by atoms with Gasteiger partial charge in [0.15, 0.2) is 0 Å². The third-order valence-electron chi connectivity index (χ3n) is 3.36. The zero-order valence-corrected chi connectivity index (χ0v) is 10.4. The molecule has 0 unspecified atom stereocenters. The predicted octanol–water partition coefficient (Wildman–Crippen LogP) is 0.733. The molecule has 1 amide bonds. The van der Waals surface area contributed by atoms with E-state index in [9.17, 15) is 4.79 Å². The Morgan fingerprint density at radius 3 is 2.50 bits per heavy atom. The molecule has 1 rings (SSSR count). The van der Waals surface area contributed by atoms with Crippen molar-refractivity contribution in [1.82, 2.24) is 4.90 Å². The van der Waals surface area contributed by atoms with E-state index >= 15 is 0 Å². The number of aliphatic hydroxyl groups excluding tert-OH is 1. The number of nitrogens with zero attached hydrogens (tertiary/aromatic N) is 1. The Bertz CT molecular complexity index is 227. The molecular formula is C12H24N2O2. The molecule has 1 aliphatic carbocycles. The standard InChI is InChI=1S/C12H24N2O2/c1-9(2)11(13)12(16)14(7-4-8-15)10-5-3-6-10/h9-11,15H,3-8,13H2,1-2H3/t11-/m0/s1. The van der Waals surface area contributed by atoms with E-state index in [1.165, 1.54) is 6.42 Å². The lowest BCUT2D eigenvalue weighted by Crippen LogP contribution is -2.53. The van der Waals surface area contributed by atoms with Crippen LogP contribution in [0, 0.1) is 5.92 Å². The lowest BCUT2D eigenvalue weighted by molar-refractivity contribution is -0.137. The Morgan fingerprint density at radius 1 is 1.50 bits per heavy atom. The van der Waals surface area contributed by atoms with Crippen molar-refractivity contribution in [2.45, 2.75) is 51.6 Å². The number of rotatable bonds is 6. The molecule has 0 radical (unpaired) electrons. The first-order valence-electron chi connectivity index (χ1n) is 6.24. The Balaban J connectivity index is 2.56. The maximum Gasteiger partial charge on any atom is 0.239 e. The van der Waals surface area contributed by atoms with E-state index in [4.69, 9.17) is 10.8 Å². The van der Waals surface area contributed by atoms with Crippen LogP contribution in [0.3, 0.4) is 0 Å². The summed E-state index contributed by atoms with van der Waals surface area (Å²) >= 11 is 0. The zero-order chi connectivity index (χ0) is 12.1. The maximum absolute atomic E-state index is 12.1. The molecule has 0 saturated heterocycles. The fourth-order valence-electron chi connectivity index (χ4n) is 1.89. The summed E-state index contributed by atoms with van der Waals surface area (Å²) in [5.41, 5.74) is 5.90. The Morgan fingerprint density at radius 2 is 2.12 bits per heavy atom. The first-order valence-corrected chi connectivity index (χ1v) is 6.24. The summed E-state index contributed by atoms with van der Waals surface area (Å²) in [5, 5.41) is 8.85. The van der Waals surface area contributed by atoms with Crippen molar-refractivity contribution in [3.05, 3.63) is 0 Å². The molecule has 0 aromatic rings. The average Bonchev–Trinajstić information content (AvgIpc) is 2.18. The van der Waals surface area contributed by atoms with E-state index in [1.807, 2.05) is 18.7 Å². The van der Waals surface area contributed by atoms with Gasteiger partial charge in [-0.3, -0.25) is 4.79 Å². The quantitative estimate of drug-likeness (QED) is 0.704. The van der Waals surface area contributed by atoms with Gasteiger partial charge >= 0.3 is 0 Å². The normalized spacial score (nSPS) is 18.3. The van der Waals surface area contributed by atoms with Crippen molar-refractivity contribution >= 4 is 5.91 Å². The number of carbonyl (C=O) groups is 1. The SMILES string of the molecule is CC(C)[C@H](N)C(=O)N(CCCO)C1CCC1. The van der Waals surface area contributed by atoms with Gasteiger partial charge in [0, 0.05) is 19.2 Å². The molecule has 0 aromatic carbocycles. The minimum absolute atomic E-state index is 0.0492. The van der Waals surface area contributed by atoms with Crippen LogP contribution < -0.4 is 5.73 Å². The summed E-state index contributed by atoms with van der Waals surface area (Å²) in [7, 11) is 0. The first-order chi connectivity index (χ1) is 7.57. The lowest BCUT2D eigenvalue weighted by atomic mass is 9.90. The highest BCUT2D eigenvalue weighted by Gasteiger charge is 2.31. The Labute approximate surface area is 97.8 Å². The van der Waals surface area contributed by atoms with E-state index in [0.29, 0.717) is 19.0 Å². The molecule has 1 saturated carbocycles. The van der Waals surface area contributed by atoms with Crippen LogP contribution in [0.5, 0.6) is 0 Å². The van der Waals surface area contributed by atoms with Crippen molar-refractivity contribution in [1.29, 1.82) is 0 Å². The molecule has 4 heteroatoms. The first kappa shape index (κ1) is 13.5. The van der Waals surface area contributed by atoms with Crippen molar-refractivity contribution in [3.8, 4) is 0 Å². The second-order valence-electron chi connectivity index (χ2n) is 4.96. The van der Waals surface area contributed by atoms with Crippen LogP contribution >= 0.6 is 0 Å². The van der Waals surface area contributed by atoms with Crippen LogP contribution in [-0.4, -0.2) is 41.1 Å². The largest absolute Gasteiger partial charge is 0.396 e. The number of nitrogens with two attached hydrogens (primary N) is 1. The van der Waals surface area contributed by atoms with Gasteiger partial charge in [-0.15, -0.1) is 0 Å². The summed E-state index contributed by atoms with van der Waals surface area (Å²) in [6, 6.07) is -0.0388. The average molecular weight is 228 g/mol. The molecule has 3 N–H and O–H groups in total. The summed E-state index contributed by atoms with van der Waals surface area (Å²) < 4.78 is 0.